The van der Waals surface area contributed by atoms with Crippen molar-refractivity contribution >= 4 is 17.6 Å². The first-order chi connectivity index (χ1) is 12.5. The van der Waals surface area contributed by atoms with Gasteiger partial charge in [0, 0.05) is 45.4 Å². The molecule has 0 aromatic carbocycles. The van der Waals surface area contributed by atoms with E-state index in [1.54, 1.807) is 35.9 Å². The third-order valence-electron chi connectivity index (χ3n) is 4.25. The van der Waals surface area contributed by atoms with Crippen LogP contribution in [0.3, 0.4) is 0 Å². The minimum Gasteiger partial charge on any atom is -0.364 e. The fourth-order valence-corrected chi connectivity index (χ4v) is 2.84. The number of hydrogen-bond donors (Lipinski definition) is 1. The Morgan fingerprint density at radius 2 is 1.85 bits per heavy atom. The topological polar surface area (TPSA) is 91.3 Å². The number of carbonyl (C=O) groups is 2. The number of aromatic nitrogens is 3. The highest BCUT2D eigenvalue weighted by Gasteiger charge is 2.24. The summed E-state index contributed by atoms with van der Waals surface area (Å²) in [6, 6.07) is 7.36. The molecule has 0 radical (unpaired) electrons. The average molecular weight is 354 g/mol. The molecule has 1 aliphatic heterocycles. The predicted octanol–water partition coefficient (Wildman–Crippen LogP) is 1.10. The summed E-state index contributed by atoms with van der Waals surface area (Å²) in [5.74, 6) is 1.02. The number of nitrogens with zero attached hydrogens (tertiary/aromatic N) is 5. The van der Waals surface area contributed by atoms with Gasteiger partial charge in [-0.3, -0.25) is 14.6 Å². The normalized spacial score (nSPS) is 14.2. The van der Waals surface area contributed by atoms with Crippen molar-refractivity contribution in [3.63, 3.8) is 0 Å². The Morgan fingerprint density at radius 1 is 1.12 bits per heavy atom. The molecule has 8 heteroatoms. The molecule has 0 spiro atoms. The summed E-state index contributed by atoms with van der Waals surface area (Å²) >= 11 is 0. The Kier molecular flexibility index (Phi) is 5.40. The number of pyridine rings is 1. The molecule has 1 fully saturated rings. The van der Waals surface area contributed by atoms with Crippen molar-refractivity contribution in [1.82, 2.24) is 24.8 Å². The quantitative estimate of drug-likeness (QED) is 0.884. The van der Waals surface area contributed by atoms with Crippen LogP contribution in [0.2, 0.25) is 0 Å². The molecule has 136 valence electrons. The standard InChI is InChI=1S/C18H22N6O2/c1-13-21-16(18(26)24-9-7-23(8-10-24)14(2)25)11-17(22-13)20-12-15-5-3-4-6-19-15/h3-6,11H,7-10,12H2,1-2H3,(H,20,21,22). The Hall–Kier alpha value is -3.03. The van der Waals surface area contributed by atoms with Crippen LogP contribution in [0.1, 0.15) is 28.9 Å². The van der Waals surface area contributed by atoms with Crippen LogP contribution in [-0.4, -0.2) is 62.7 Å². The lowest BCUT2D eigenvalue weighted by Crippen LogP contribution is -2.50. The van der Waals surface area contributed by atoms with Crippen molar-refractivity contribution in [2.45, 2.75) is 20.4 Å². The first-order valence-electron chi connectivity index (χ1n) is 8.57. The smallest absolute Gasteiger partial charge is 0.272 e. The largest absolute Gasteiger partial charge is 0.364 e. The van der Waals surface area contributed by atoms with Crippen LogP contribution in [0, 0.1) is 6.92 Å². The van der Waals surface area contributed by atoms with Gasteiger partial charge in [-0.25, -0.2) is 9.97 Å². The number of rotatable bonds is 4. The van der Waals surface area contributed by atoms with Gasteiger partial charge in [-0.1, -0.05) is 6.07 Å². The lowest BCUT2D eigenvalue weighted by Gasteiger charge is -2.34. The Bertz CT molecular complexity index is 788. The van der Waals surface area contributed by atoms with E-state index in [1.807, 2.05) is 18.2 Å². The molecule has 0 aliphatic carbocycles. The predicted molar refractivity (Wildman–Crippen MR) is 96.5 cm³/mol. The number of nitrogens with one attached hydrogen (secondary N) is 1. The molecule has 26 heavy (non-hydrogen) atoms. The van der Waals surface area contributed by atoms with Gasteiger partial charge in [0.15, 0.2) is 0 Å². The molecule has 1 saturated heterocycles. The molecule has 2 aromatic heterocycles. The van der Waals surface area contributed by atoms with E-state index in [9.17, 15) is 9.59 Å². The minimum atomic E-state index is -0.139. The van der Waals surface area contributed by atoms with Crippen LogP contribution in [0.15, 0.2) is 30.5 Å². The van der Waals surface area contributed by atoms with Crippen LogP contribution in [0.5, 0.6) is 0 Å². The Morgan fingerprint density at radius 3 is 2.50 bits per heavy atom. The van der Waals surface area contributed by atoms with Crippen LogP contribution in [0.25, 0.3) is 0 Å². The van der Waals surface area contributed by atoms with E-state index in [1.165, 1.54) is 0 Å². The SMILES string of the molecule is CC(=O)N1CCN(C(=O)c2cc(NCc3ccccn3)nc(C)n2)CC1. The third kappa shape index (κ3) is 4.33. The second kappa shape index (κ2) is 7.90. The van der Waals surface area contributed by atoms with E-state index >= 15 is 0 Å². The fraction of sp³-hybridized carbons (Fsp3) is 0.389. The summed E-state index contributed by atoms with van der Waals surface area (Å²) in [5, 5.41) is 3.18. The molecule has 0 atom stereocenters. The van der Waals surface area contributed by atoms with Gasteiger partial charge in [-0.05, 0) is 19.1 Å². The Balaban J connectivity index is 1.67. The second-order valence-electron chi connectivity index (χ2n) is 6.16. The maximum absolute atomic E-state index is 12.7. The highest BCUT2D eigenvalue weighted by molar-refractivity contribution is 5.93. The number of hydrogen-bond acceptors (Lipinski definition) is 6. The zero-order chi connectivity index (χ0) is 18.5. The zero-order valence-corrected chi connectivity index (χ0v) is 15.0. The molecule has 3 rings (SSSR count). The van der Waals surface area contributed by atoms with E-state index in [0.29, 0.717) is 50.1 Å². The number of carbonyl (C=O) groups excluding carboxylic acids is 2. The molecule has 8 nitrogen and oxygen atoms in total. The summed E-state index contributed by atoms with van der Waals surface area (Å²) < 4.78 is 0. The van der Waals surface area contributed by atoms with Crippen molar-refractivity contribution in [2.75, 3.05) is 31.5 Å². The van der Waals surface area contributed by atoms with E-state index < -0.39 is 0 Å². The van der Waals surface area contributed by atoms with Gasteiger partial charge in [0.1, 0.15) is 17.3 Å². The third-order valence-corrected chi connectivity index (χ3v) is 4.25. The van der Waals surface area contributed by atoms with Gasteiger partial charge in [-0.2, -0.15) is 0 Å². The maximum atomic E-state index is 12.7. The zero-order valence-electron chi connectivity index (χ0n) is 15.0. The average Bonchev–Trinajstić information content (AvgIpc) is 2.66. The van der Waals surface area contributed by atoms with Crippen LogP contribution >= 0.6 is 0 Å². The van der Waals surface area contributed by atoms with Crippen LogP contribution < -0.4 is 5.32 Å². The molecule has 2 amide bonds. The molecule has 1 aliphatic rings. The number of amides is 2. The van der Waals surface area contributed by atoms with Crippen molar-refractivity contribution < 1.29 is 9.59 Å². The molecule has 0 bridgehead atoms. The van der Waals surface area contributed by atoms with E-state index in [4.69, 9.17) is 0 Å². The molecule has 3 heterocycles. The van der Waals surface area contributed by atoms with Gasteiger partial charge in [-0.15, -0.1) is 0 Å². The molecular weight excluding hydrogens is 332 g/mol. The summed E-state index contributed by atoms with van der Waals surface area (Å²) in [5.41, 5.74) is 1.24. The number of piperazine rings is 1. The van der Waals surface area contributed by atoms with Gasteiger partial charge in [0.2, 0.25) is 5.91 Å². The lowest BCUT2D eigenvalue weighted by molar-refractivity contribution is -0.130. The van der Waals surface area contributed by atoms with Crippen molar-refractivity contribution in [1.29, 1.82) is 0 Å². The van der Waals surface area contributed by atoms with Gasteiger partial charge in [0.25, 0.3) is 5.91 Å². The molecule has 2 aromatic rings. The van der Waals surface area contributed by atoms with Gasteiger partial charge < -0.3 is 15.1 Å². The summed E-state index contributed by atoms with van der Waals surface area (Å²) in [6.45, 7) is 5.95. The molecule has 0 saturated carbocycles. The van der Waals surface area contributed by atoms with E-state index in [0.717, 1.165) is 5.69 Å². The highest BCUT2D eigenvalue weighted by atomic mass is 16.2. The molecular formula is C18H22N6O2. The van der Waals surface area contributed by atoms with E-state index in [2.05, 4.69) is 20.3 Å². The summed E-state index contributed by atoms with van der Waals surface area (Å²) in [7, 11) is 0. The minimum absolute atomic E-state index is 0.0380. The van der Waals surface area contributed by atoms with Crippen LogP contribution in [0.4, 0.5) is 5.82 Å². The number of aryl methyl sites for hydroxylation is 1. The van der Waals surface area contributed by atoms with Gasteiger partial charge in [0.05, 0.1) is 12.2 Å². The monoisotopic (exact) mass is 354 g/mol. The van der Waals surface area contributed by atoms with Crippen molar-refractivity contribution in [2.24, 2.45) is 0 Å². The first-order valence-corrected chi connectivity index (χ1v) is 8.57. The summed E-state index contributed by atoms with van der Waals surface area (Å²) in [6.07, 6.45) is 1.73. The lowest BCUT2D eigenvalue weighted by atomic mass is 10.2. The van der Waals surface area contributed by atoms with Gasteiger partial charge >= 0.3 is 0 Å². The summed E-state index contributed by atoms with van der Waals surface area (Å²) in [4.78, 5) is 40.5. The second-order valence-corrected chi connectivity index (χ2v) is 6.16. The maximum Gasteiger partial charge on any atom is 0.272 e. The number of anilines is 1. The van der Waals surface area contributed by atoms with Crippen molar-refractivity contribution in [3.05, 3.63) is 47.7 Å². The Labute approximate surface area is 152 Å². The first kappa shape index (κ1) is 17.8. The molecule has 0 unspecified atom stereocenters. The molecule has 1 N–H and O–H groups in total. The highest BCUT2D eigenvalue weighted by Crippen LogP contribution is 2.12. The van der Waals surface area contributed by atoms with Crippen molar-refractivity contribution in [3.8, 4) is 0 Å². The van der Waals surface area contributed by atoms with E-state index in [-0.39, 0.29) is 11.8 Å². The van der Waals surface area contributed by atoms with Crippen LogP contribution in [-0.2, 0) is 11.3 Å². The fourth-order valence-electron chi connectivity index (χ4n) is 2.84.